The summed E-state index contributed by atoms with van der Waals surface area (Å²) in [6, 6.07) is 0. The summed E-state index contributed by atoms with van der Waals surface area (Å²) in [7, 11) is 0. The van der Waals surface area contributed by atoms with Crippen LogP contribution in [0.3, 0.4) is 0 Å². The van der Waals surface area contributed by atoms with Crippen LogP contribution in [0.2, 0.25) is 0 Å². The second-order valence-electron chi connectivity index (χ2n) is 18.5. The number of hydrogen-bond donors (Lipinski definition) is 0. The highest BCUT2D eigenvalue weighted by Crippen LogP contribution is 2.16. The van der Waals surface area contributed by atoms with Gasteiger partial charge in [-0.2, -0.15) is 0 Å². The molecule has 0 unspecified atom stereocenters. The van der Waals surface area contributed by atoms with Crippen molar-refractivity contribution in [1.82, 2.24) is 0 Å². The minimum atomic E-state index is -0.529. The molecule has 0 saturated heterocycles. The molecular weight excluding hydrogens is 741 g/mol. The average molecular weight is 847 g/mol. The van der Waals surface area contributed by atoms with Gasteiger partial charge in [0.2, 0.25) is 0 Å². The molecule has 0 rings (SSSR count). The summed E-state index contributed by atoms with van der Waals surface area (Å²) in [5.74, 6) is -0.384. The molecule has 5 heteroatoms. The number of hydrogen-bond acceptors (Lipinski definition) is 5. The lowest BCUT2D eigenvalue weighted by molar-refractivity contribution is -0.163. The monoisotopic (exact) mass is 847 g/mol. The average Bonchev–Trinajstić information content (AvgIpc) is 3.25. The van der Waals surface area contributed by atoms with Crippen molar-refractivity contribution in [3.8, 4) is 0 Å². The Kier molecular flexibility index (Phi) is 50.8. The van der Waals surface area contributed by atoms with Gasteiger partial charge in [0.15, 0.2) is 6.10 Å². The second-order valence-corrected chi connectivity index (χ2v) is 18.5. The molecule has 0 radical (unpaired) electrons. The summed E-state index contributed by atoms with van der Waals surface area (Å²) in [4.78, 5) is 25.4. The van der Waals surface area contributed by atoms with Crippen LogP contribution < -0.4 is 0 Å². The lowest BCUT2D eigenvalue weighted by Crippen LogP contribution is -2.30. The van der Waals surface area contributed by atoms with Crippen molar-refractivity contribution in [2.45, 2.75) is 309 Å². The van der Waals surface area contributed by atoms with Crippen molar-refractivity contribution in [3.63, 3.8) is 0 Å². The predicted molar refractivity (Wildman–Crippen MR) is 261 cm³/mol. The quantitative estimate of drug-likeness (QED) is 0.0347. The van der Waals surface area contributed by atoms with Crippen molar-refractivity contribution in [3.05, 3.63) is 12.2 Å². The SMILES string of the molecule is CCCCCCCC/C=C\CCCCCCCC(=O)OC[C@@H](COCCCCCCCCCCCCCCCCCC)OC(=O)CCCCCCCCCCCCCCC. The number of carbonyl (C=O) groups is 2. The van der Waals surface area contributed by atoms with E-state index in [1.165, 1.54) is 231 Å². The van der Waals surface area contributed by atoms with E-state index in [9.17, 15) is 9.59 Å². The molecule has 0 amide bonds. The molecule has 0 heterocycles. The van der Waals surface area contributed by atoms with Gasteiger partial charge in [-0.3, -0.25) is 9.59 Å². The van der Waals surface area contributed by atoms with E-state index < -0.39 is 6.10 Å². The molecule has 0 aliphatic carbocycles. The first-order chi connectivity index (χ1) is 29.6. The molecule has 0 N–H and O–H groups in total. The second kappa shape index (κ2) is 52.0. The number of esters is 2. The van der Waals surface area contributed by atoms with Crippen LogP contribution in [-0.4, -0.2) is 37.9 Å². The van der Waals surface area contributed by atoms with Gasteiger partial charge in [0.1, 0.15) is 6.61 Å². The van der Waals surface area contributed by atoms with Crippen LogP contribution in [0.1, 0.15) is 303 Å². The maximum Gasteiger partial charge on any atom is 0.306 e. The maximum atomic E-state index is 12.8. The Morgan fingerprint density at radius 3 is 1.02 bits per heavy atom. The molecular formula is C55H106O5. The molecule has 0 saturated carbocycles. The van der Waals surface area contributed by atoms with E-state index in [4.69, 9.17) is 14.2 Å². The maximum absolute atomic E-state index is 12.8. The first-order valence-electron chi connectivity index (χ1n) is 27.2. The normalized spacial score (nSPS) is 12.1. The van der Waals surface area contributed by atoms with Gasteiger partial charge in [-0.05, 0) is 44.9 Å². The van der Waals surface area contributed by atoms with Gasteiger partial charge < -0.3 is 14.2 Å². The molecule has 0 fully saturated rings. The standard InChI is InChI=1S/C55H106O5/c1-4-7-10-13-16-19-22-25-27-29-32-35-38-41-44-47-50-58-51-53(60-55(57)49-46-43-40-37-34-30-24-21-18-15-12-9-6-3)52-59-54(56)48-45-42-39-36-33-31-28-26-23-20-17-14-11-8-5-2/h26,28,53H,4-25,27,29-52H2,1-3H3/b28-26-/t53-/m1/s1. The van der Waals surface area contributed by atoms with Crippen molar-refractivity contribution < 1.29 is 23.8 Å². The Hall–Kier alpha value is -1.36. The summed E-state index contributed by atoms with van der Waals surface area (Å²) in [5.41, 5.74) is 0. The lowest BCUT2D eigenvalue weighted by atomic mass is 10.0. The highest BCUT2D eigenvalue weighted by molar-refractivity contribution is 5.70. The molecule has 0 aromatic carbocycles. The van der Waals surface area contributed by atoms with Crippen molar-refractivity contribution >= 4 is 11.9 Å². The molecule has 1 atom stereocenters. The van der Waals surface area contributed by atoms with Crippen molar-refractivity contribution in [2.24, 2.45) is 0 Å². The highest BCUT2D eigenvalue weighted by Gasteiger charge is 2.17. The Labute approximate surface area is 375 Å². The van der Waals surface area contributed by atoms with E-state index in [0.717, 1.165) is 38.5 Å². The summed E-state index contributed by atoms with van der Waals surface area (Å²) >= 11 is 0. The minimum Gasteiger partial charge on any atom is -0.462 e. The van der Waals surface area contributed by atoms with Gasteiger partial charge in [-0.1, -0.05) is 258 Å². The minimum absolute atomic E-state index is 0.0905. The third-order valence-electron chi connectivity index (χ3n) is 12.3. The molecule has 0 aliphatic heterocycles. The Morgan fingerprint density at radius 1 is 0.350 bits per heavy atom. The van der Waals surface area contributed by atoms with Gasteiger partial charge in [0.05, 0.1) is 6.61 Å². The van der Waals surface area contributed by atoms with Gasteiger partial charge in [-0.25, -0.2) is 0 Å². The third kappa shape index (κ3) is 49.3. The van der Waals surface area contributed by atoms with Gasteiger partial charge in [0, 0.05) is 19.4 Å². The van der Waals surface area contributed by atoms with Gasteiger partial charge in [0.25, 0.3) is 0 Å². The van der Waals surface area contributed by atoms with Crippen LogP contribution in [0, 0.1) is 0 Å². The third-order valence-corrected chi connectivity index (χ3v) is 12.3. The van der Waals surface area contributed by atoms with Gasteiger partial charge in [-0.15, -0.1) is 0 Å². The van der Waals surface area contributed by atoms with Crippen LogP contribution in [0.15, 0.2) is 12.2 Å². The van der Waals surface area contributed by atoms with E-state index >= 15 is 0 Å². The predicted octanol–water partition coefficient (Wildman–Crippen LogP) is 18.2. The van der Waals surface area contributed by atoms with Crippen LogP contribution in [0.25, 0.3) is 0 Å². The topological polar surface area (TPSA) is 61.8 Å². The molecule has 0 bridgehead atoms. The number of ether oxygens (including phenoxy) is 3. The molecule has 0 spiro atoms. The summed E-state index contributed by atoms with van der Waals surface area (Å²) in [5, 5.41) is 0. The Morgan fingerprint density at radius 2 is 0.650 bits per heavy atom. The lowest BCUT2D eigenvalue weighted by Gasteiger charge is -2.18. The number of rotatable bonds is 51. The van der Waals surface area contributed by atoms with Crippen LogP contribution in [0.4, 0.5) is 0 Å². The molecule has 0 aromatic heterocycles. The Balaban J connectivity index is 4.21. The fourth-order valence-electron chi connectivity index (χ4n) is 8.21. The molecule has 0 aromatic rings. The first kappa shape index (κ1) is 58.6. The first-order valence-corrected chi connectivity index (χ1v) is 27.2. The Bertz CT molecular complexity index is 871. The smallest absolute Gasteiger partial charge is 0.306 e. The summed E-state index contributed by atoms with van der Waals surface area (Å²) in [6.45, 7) is 7.88. The van der Waals surface area contributed by atoms with E-state index in [-0.39, 0.29) is 18.5 Å². The fourth-order valence-corrected chi connectivity index (χ4v) is 8.21. The zero-order valence-electron chi connectivity index (χ0n) is 41.0. The molecule has 356 valence electrons. The highest BCUT2D eigenvalue weighted by atomic mass is 16.6. The van der Waals surface area contributed by atoms with Crippen LogP contribution >= 0.6 is 0 Å². The van der Waals surface area contributed by atoms with Crippen molar-refractivity contribution in [2.75, 3.05) is 19.8 Å². The van der Waals surface area contributed by atoms with E-state index in [0.29, 0.717) is 26.1 Å². The molecule has 60 heavy (non-hydrogen) atoms. The molecule has 0 aliphatic rings. The van der Waals surface area contributed by atoms with Crippen LogP contribution in [-0.2, 0) is 23.8 Å². The molecule has 5 nitrogen and oxygen atoms in total. The van der Waals surface area contributed by atoms with Gasteiger partial charge >= 0.3 is 11.9 Å². The van der Waals surface area contributed by atoms with E-state index in [1.807, 2.05) is 0 Å². The summed E-state index contributed by atoms with van der Waals surface area (Å²) < 4.78 is 17.4. The fraction of sp³-hybridized carbons (Fsp3) is 0.927. The van der Waals surface area contributed by atoms with E-state index in [1.54, 1.807) is 0 Å². The largest absolute Gasteiger partial charge is 0.462 e. The van der Waals surface area contributed by atoms with Crippen molar-refractivity contribution in [1.29, 1.82) is 0 Å². The zero-order valence-corrected chi connectivity index (χ0v) is 41.0. The number of carbonyl (C=O) groups excluding carboxylic acids is 2. The van der Waals surface area contributed by atoms with E-state index in [2.05, 4.69) is 32.9 Å². The number of unbranched alkanes of at least 4 members (excludes halogenated alkanes) is 38. The zero-order chi connectivity index (χ0) is 43.5. The number of allylic oxidation sites excluding steroid dienone is 2. The van der Waals surface area contributed by atoms with Crippen LogP contribution in [0.5, 0.6) is 0 Å². The summed E-state index contributed by atoms with van der Waals surface area (Å²) in [6.07, 6.45) is 59.3.